The molecule has 2 fully saturated rings. The second-order valence-corrected chi connectivity index (χ2v) is 7.39. The van der Waals surface area contributed by atoms with Crippen LogP contribution in [-0.4, -0.2) is 48.9 Å². The zero-order valence-corrected chi connectivity index (χ0v) is 15.4. The van der Waals surface area contributed by atoms with Gasteiger partial charge in [-0.25, -0.2) is 0 Å². The predicted octanol–water partition coefficient (Wildman–Crippen LogP) is 1.68. The molecule has 0 aromatic heterocycles. The summed E-state index contributed by atoms with van der Waals surface area (Å²) in [5, 5.41) is 5.82. The maximum Gasteiger partial charge on any atom is 0.246 e. The van der Waals surface area contributed by atoms with Gasteiger partial charge in [-0.15, -0.1) is 0 Å². The van der Waals surface area contributed by atoms with Crippen molar-refractivity contribution in [2.24, 2.45) is 0 Å². The molecule has 0 aliphatic carbocycles. The molecule has 2 heterocycles. The normalized spacial score (nSPS) is 22.1. The van der Waals surface area contributed by atoms with Crippen LogP contribution in [0.1, 0.15) is 24.0 Å². The van der Waals surface area contributed by atoms with Gasteiger partial charge in [0.05, 0.1) is 6.54 Å². The van der Waals surface area contributed by atoms with Gasteiger partial charge in [-0.2, -0.15) is 0 Å². The first kappa shape index (κ1) is 17.7. The monoisotopic (exact) mass is 363 g/mol. The van der Waals surface area contributed by atoms with Crippen LogP contribution in [0.2, 0.25) is 0 Å². The average molecular weight is 363 g/mol. The molecule has 0 saturated carbocycles. The first-order chi connectivity index (χ1) is 13.2. The number of benzene rings is 2. The van der Waals surface area contributed by atoms with E-state index in [1.54, 1.807) is 0 Å². The van der Waals surface area contributed by atoms with Crippen LogP contribution in [0.25, 0.3) is 0 Å². The number of amides is 2. The Morgan fingerprint density at radius 2 is 1.48 bits per heavy atom. The maximum atomic E-state index is 12.9. The van der Waals surface area contributed by atoms with Crippen molar-refractivity contribution in [3.05, 3.63) is 71.8 Å². The standard InChI is InChI=1S/C22H25N3O2/c26-20-16-23-15-19(24-20)21(27)25-13-11-22(12-14-25,17-7-3-1-4-8-17)18-9-5-2-6-10-18/h1-10,19,23H,11-16H2,(H,24,26)/t19-/m1/s1. The molecule has 5 heteroatoms. The molecule has 1 atom stereocenters. The van der Waals surface area contributed by atoms with Crippen LogP contribution in [0, 0.1) is 0 Å². The van der Waals surface area contributed by atoms with Gasteiger partial charge in [-0.05, 0) is 24.0 Å². The zero-order chi connectivity index (χ0) is 18.7. The van der Waals surface area contributed by atoms with E-state index in [-0.39, 0.29) is 23.8 Å². The third kappa shape index (κ3) is 3.47. The van der Waals surface area contributed by atoms with Crippen molar-refractivity contribution in [1.82, 2.24) is 15.5 Å². The van der Waals surface area contributed by atoms with Crippen LogP contribution in [-0.2, 0) is 15.0 Å². The number of likely N-dealkylation sites (tertiary alicyclic amines) is 1. The molecule has 0 bridgehead atoms. The summed E-state index contributed by atoms with van der Waals surface area (Å²) >= 11 is 0. The lowest BCUT2D eigenvalue weighted by molar-refractivity contribution is -0.138. The summed E-state index contributed by atoms with van der Waals surface area (Å²) in [6.45, 7) is 2.17. The molecule has 2 saturated heterocycles. The first-order valence-corrected chi connectivity index (χ1v) is 9.59. The van der Waals surface area contributed by atoms with E-state index in [1.165, 1.54) is 11.1 Å². The molecule has 2 aliphatic heterocycles. The van der Waals surface area contributed by atoms with Crippen LogP contribution >= 0.6 is 0 Å². The fourth-order valence-corrected chi connectivity index (χ4v) is 4.36. The number of hydrogen-bond acceptors (Lipinski definition) is 3. The molecule has 5 nitrogen and oxygen atoms in total. The van der Waals surface area contributed by atoms with Crippen molar-refractivity contribution >= 4 is 11.8 Å². The highest BCUT2D eigenvalue weighted by Gasteiger charge is 2.40. The van der Waals surface area contributed by atoms with E-state index in [1.807, 2.05) is 17.0 Å². The van der Waals surface area contributed by atoms with Crippen molar-refractivity contribution in [1.29, 1.82) is 0 Å². The predicted molar refractivity (Wildman–Crippen MR) is 104 cm³/mol. The molecular formula is C22H25N3O2. The largest absolute Gasteiger partial charge is 0.342 e. The van der Waals surface area contributed by atoms with Crippen LogP contribution in [0.3, 0.4) is 0 Å². The van der Waals surface area contributed by atoms with Gasteiger partial charge in [0.1, 0.15) is 6.04 Å². The Balaban J connectivity index is 1.55. The van der Waals surface area contributed by atoms with Crippen molar-refractivity contribution in [3.63, 3.8) is 0 Å². The smallest absolute Gasteiger partial charge is 0.246 e. The van der Waals surface area contributed by atoms with E-state index in [4.69, 9.17) is 0 Å². The lowest BCUT2D eigenvalue weighted by Gasteiger charge is -2.44. The Morgan fingerprint density at radius 3 is 2.00 bits per heavy atom. The van der Waals surface area contributed by atoms with E-state index in [0.29, 0.717) is 19.6 Å². The molecule has 0 unspecified atom stereocenters. The van der Waals surface area contributed by atoms with Crippen LogP contribution in [0.4, 0.5) is 0 Å². The molecule has 2 aromatic rings. The Bertz CT molecular complexity index is 757. The van der Waals surface area contributed by atoms with Gasteiger partial charge < -0.3 is 15.5 Å². The summed E-state index contributed by atoms with van der Waals surface area (Å²) in [5.41, 5.74) is 2.53. The molecule has 2 aliphatic rings. The number of carbonyl (C=O) groups excluding carboxylic acids is 2. The Kier molecular flexibility index (Phi) is 4.94. The zero-order valence-electron chi connectivity index (χ0n) is 15.4. The van der Waals surface area contributed by atoms with Crippen molar-refractivity contribution in [2.75, 3.05) is 26.2 Å². The summed E-state index contributed by atoms with van der Waals surface area (Å²) in [4.78, 5) is 26.3. The maximum absolute atomic E-state index is 12.9. The molecule has 0 radical (unpaired) electrons. The molecule has 0 spiro atoms. The first-order valence-electron chi connectivity index (χ1n) is 9.59. The minimum absolute atomic E-state index is 0.0188. The van der Waals surface area contributed by atoms with Gasteiger partial charge in [0, 0.05) is 25.0 Å². The number of nitrogens with one attached hydrogen (secondary N) is 2. The lowest BCUT2D eigenvalue weighted by Crippen LogP contribution is -2.60. The van der Waals surface area contributed by atoms with Crippen molar-refractivity contribution < 1.29 is 9.59 Å². The molecule has 27 heavy (non-hydrogen) atoms. The summed E-state index contributed by atoms with van der Waals surface area (Å²) in [5.74, 6) is -0.0928. The summed E-state index contributed by atoms with van der Waals surface area (Å²) < 4.78 is 0. The highest BCUT2D eigenvalue weighted by atomic mass is 16.2. The number of rotatable bonds is 3. The Morgan fingerprint density at radius 1 is 0.926 bits per heavy atom. The quantitative estimate of drug-likeness (QED) is 0.872. The number of hydrogen-bond donors (Lipinski definition) is 2. The number of piperidine rings is 1. The average Bonchev–Trinajstić information content (AvgIpc) is 2.74. The number of piperazine rings is 1. The van der Waals surface area contributed by atoms with Gasteiger partial charge in [0.25, 0.3) is 0 Å². The fourth-order valence-electron chi connectivity index (χ4n) is 4.36. The highest BCUT2D eigenvalue weighted by molar-refractivity contribution is 5.89. The molecule has 2 amide bonds. The van der Waals surface area contributed by atoms with Gasteiger partial charge in [-0.1, -0.05) is 60.7 Å². The number of nitrogens with zero attached hydrogens (tertiary/aromatic N) is 1. The second-order valence-electron chi connectivity index (χ2n) is 7.39. The minimum atomic E-state index is -0.452. The molecular weight excluding hydrogens is 338 g/mol. The van der Waals surface area contributed by atoms with Crippen molar-refractivity contribution in [2.45, 2.75) is 24.3 Å². The molecule has 2 aromatic carbocycles. The van der Waals surface area contributed by atoms with E-state index >= 15 is 0 Å². The van der Waals surface area contributed by atoms with E-state index in [0.717, 1.165) is 12.8 Å². The topological polar surface area (TPSA) is 61.4 Å². The van der Waals surface area contributed by atoms with Gasteiger partial charge in [0.2, 0.25) is 11.8 Å². The third-order valence-electron chi connectivity index (χ3n) is 5.85. The molecule has 140 valence electrons. The van der Waals surface area contributed by atoms with Gasteiger partial charge >= 0.3 is 0 Å². The summed E-state index contributed by atoms with van der Waals surface area (Å²) in [6.07, 6.45) is 1.75. The van der Waals surface area contributed by atoms with Gasteiger partial charge in [-0.3, -0.25) is 9.59 Å². The summed E-state index contributed by atoms with van der Waals surface area (Å²) in [6, 6.07) is 20.7. The van der Waals surface area contributed by atoms with Crippen LogP contribution in [0.5, 0.6) is 0 Å². The molecule has 2 N–H and O–H groups in total. The highest BCUT2D eigenvalue weighted by Crippen LogP contribution is 2.41. The summed E-state index contributed by atoms with van der Waals surface area (Å²) in [7, 11) is 0. The van der Waals surface area contributed by atoms with E-state index < -0.39 is 6.04 Å². The number of carbonyl (C=O) groups is 2. The second kappa shape index (κ2) is 7.53. The van der Waals surface area contributed by atoms with E-state index in [9.17, 15) is 9.59 Å². The van der Waals surface area contributed by atoms with Crippen LogP contribution < -0.4 is 10.6 Å². The SMILES string of the molecule is O=C1CNC[C@H](C(=O)N2CCC(c3ccccc3)(c3ccccc3)CC2)N1. The Labute approximate surface area is 159 Å². The molecule has 4 rings (SSSR count). The van der Waals surface area contributed by atoms with Gasteiger partial charge in [0.15, 0.2) is 0 Å². The van der Waals surface area contributed by atoms with Crippen molar-refractivity contribution in [3.8, 4) is 0 Å². The minimum Gasteiger partial charge on any atom is -0.342 e. The fraction of sp³-hybridized carbons (Fsp3) is 0.364. The third-order valence-corrected chi connectivity index (χ3v) is 5.85. The van der Waals surface area contributed by atoms with Crippen LogP contribution in [0.15, 0.2) is 60.7 Å². The lowest BCUT2D eigenvalue weighted by atomic mass is 9.68. The van der Waals surface area contributed by atoms with E-state index in [2.05, 4.69) is 59.2 Å². The Hall–Kier alpha value is -2.66.